The topological polar surface area (TPSA) is 96.3 Å². The molecule has 1 saturated heterocycles. The van der Waals surface area contributed by atoms with E-state index in [1.165, 1.54) is 19.0 Å². The molecule has 28 heavy (non-hydrogen) atoms. The predicted octanol–water partition coefficient (Wildman–Crippen LogP) is 1.80. The largest absolute Gasteiger partial charge is 0.464 e. The van der Waals surface area contributed by atoms with Crippen molar-refractivity contribution in [3.05, 3.63) is 29.3 Å². The number of halogens is 1. The highest BCUT2D eigenvalue weighted by Gasteiger charge is 2.60. The van der Waals surface area contributed by atoms with Gasteiger partial charge in [0.25, 0.3) is 5.91 Å². The van der Waals surface area contributed by atoms with Gasteiger partial charge in [0, 0.05) is 11.4 Å². The van der Waals surface area contributed by atoms with E-state index in [0.29, 0.717) is 10.7 Å². The molecule has 0 spiro atoms. The lowest BCUT2D eigenvalue weighted by Gasteiger charge is -2.36. The van der Waals surface area contributed by atoms with Gasteiger partial charge in [-0.15, -0.1) is 0 Å². The summed E-state index contributed by atoms with van der Waals surface area (Å²) >= 11 is 5.89. The molecular weight excluding hydrogens is 386 g/mol. The van der Waals surface area contributed by atoms with E-state index >= 15 is 0 Å². The van der Waals surface area contributed by atoms with E-state index in [2.05, 4.69) is 5.10 Å². The number of methoxy groups -OCH3 is 1. The van der Waals surface area contributed by atoms with Crippen LogP contribution in [-0.4, -0.2) is 53.0 Å². The molecule has 0 aliphatic carbocycles. The standard InChI is InChI=1S/C19H20ClN3O5/c1-10(24)9-19(2,3)23-15-13(14(21-23)18(27)28-4)16(25)22(17(15)26)12-7-5-11(20)6-8-12/h5-8,13,15H,9H2,1-4H3/t13-,15-/m0/s1. The number of hydrazone groups is 1. The molecule has 0 bridgehead atoms. The molecule has 8 nitrogen and oxygen atoms in total. The Morgan fingerprint density at radius 1 is 1.18 bits per heavy atom. The average molecular weight is 406 g/mol. The summed E-state index contributed by atoms with van der Waals surface area (Å²) in [5.41, 5.74) is -0.669. The molecule has 0 saturated carbocycles. The third-order valence-corrected chi connectivity index (χ3v) is 5.08. The van der Waals surface area contributed by atoms with Crippen LogP contribution in [0, 0.1) is 5.92 Å². The van der Waals surface area contributed by atoms with E-state index in [-0.39, 0.29) is 17.9 Å². The number of esters is 1. The fraction of sp³-hybridized carbons (Fsp3) is 0.421. The SMILES string of the molecule is COC(=O)C1=NN(C(C)(C)CC(C)=O)[C@@H]2C(=O)N(c3ccc(Cl)cc3)C(=O)[C@@H]12. The number of hydrogen-bond donors (Lipinski definition) is 0. The molecule has 2 heterocycles. The second-order valence-corrected chi connectivity index (χ2v) is 7.86. The van der Waals surface area contributed by atoms with Crippen LogP contribution in [0.25, 0.3) is 0 Å². The zero-order valence-corrected chi connectivity index (χ0v) is 16.7. The molecule has 0 N–H and O–H groups in total. The fourth-order valence-electron chi connectivity index (χ4n) is 3.73. The van der Waals surface area contributed by atoms with Gasteiger partial charge in [-0.1, -0.05) is 11.6 Å². The molecular formula is C19H20ClN3O5. The zero-order chi connectivity index (χ0) is 20.8. The fourth-order valence-corrected chi connectivity index (χ4v) is 3.86. The maximum absolute atomic E-state index is 13.2. The van der Waals surface area contributed by atoms with Crippen molar-refractivity contribution in [1.29, 1.82) is 0 Å². The lowest BCUT2D eigenvalue weighted by molar-refractivity contribution is -0.133. The second-order valence-electron chi connectivity index (χ2n) is 7.42. The third-order valence-electron chi connectivity index (χ3n) is 4.83. The van der Waals surface area contributed by atoms with Crippen LogP contribution in [0.4, 0.5) is 5.69 Å². The van der Waals surface area contributed by atoms with Gasteiger partial charge in [-0.3, -0.25) is 19.4 Å². The molecule has 0 unspecified atom stereocenters. The summed E-state index contributed by atoms with van der Waals surface area (Å²) in [5, 5.41) is 6.10. The maximum Gasteiger partial charge on any atom is 0.355 e. The van der Waals surface area contributed by atoms with Crippen LogP contribution in [0.5, 0.6) is 0 Å². The number of hydrogen-bond acceptors (Lipinski definition) is 7. The monoisotopic (exact) mass is 405 g/mol. The molecule has 2 aliphatic heterocycles. The Hall–Kier alpha value is -2.74. The summed E-state index contributed by atoms with van der Waals surface area (Å²) in [6.07, 6.45) is 0.0938. The van der Waals surface area contributed by atoms with Crippen LogP contribution >= 0.6 is 11.6 Å². The molecule has 0 radical (unpaired) electrons. The summed E-state index contributed by atoms with van der Waals surface area (Å²) in [5.74, 6) is -3.06. The summed E-state index contributed by atoms with van der Waals surface area (Å²) in [6.45, 7) is 4.90. The highest BCUT2D eigenvalue weighted by molar-refractivity contribution is 6.46. The number of anilines is 1. The molecule has 1 aromatic carbocycles. The van der Waals surface area contributed by atoms with Gasteiger partial charge < -0.3 is 4.74 Å². The van der Waals surface area contributed by atoms with Crippen molar-refractivity contribution in [3.63, 3.8) is 0 Å². The number of ketones is 1. The summed E-state index contributed by atoms with van der Waals surface area (Å²) in [7, 11) is 1.18. The van der Waals surface area contributed by atoms with Gasteiger partial charge in [-0.05, 0) is 45.0 Å². The molecule has 1 fully saturated rings. The first-order valence-electron chi connectivity index (χ1n) is 8.67. The van der Waals surface area contributed by atoms with Crippen molar-refractivity contribution in [3.8, 4) is 0 Å². The lowest BCUT2D eigenvalue weighted by atomic mass is 9.92. The summed E-state index contributed by atoms with van der Waals surface area (Å²) in [6, 6.07) is 5.22. The zero-order valence-electron chi connectivity index (χ0n) is 15.9. The van der Waals surface area contributed by atoms with E-state index in [0.717, 1.165) is 4.90 Å². The van der Waals surface area contributed by atoms with Gasteiger partial charge in [-0.2, -0.15) is 5.10 Å². The van der Waals surface area contributed by atoms with Crippen LogP contribution in [-0.2, 0) is 23.9 Å². The quantitative estimate of drug-likeness (QED) is 0.547. The van der Waals surface area contributed by atoms with E-state index in [4.69, 9.17) is 16.3 Å². The van der Waals surface area contributed by atoms with Crippen LogP contribution < -0.4 is 4.90 Å². The molecule has 2 aliphatic rings. The average Bonchev–Trinajstić information content (AvgIpc) is 3.13. The number of imide groups is 1. The minimum Gasteiger partial charge on any atom is -0.464 e. The number of ether oxygens (including phenoxy) is 1. The maximum atomic E-state index is 13.2. The van der Waals surface area contributed by atoms with Crippen molar-refractivity contribution >= 4 is 46.6 Å². The van der Waals surface area contributed by atoms with Gasteiger partial charge in [0.2, 0.25) is 5.91 Å². The van der Waals surface area contributed by atoms with Gasteiger partial charge in [0.1, 0.15) is 17.7 Å². The molecule has 3 rings (SSSR count). The molecule has 148 valence electrons. The number of rotatable bonds is 5. The first-order valence-corrected chi connectivity index (χ1v) is 9.05. The molecule has 9 heteroatoms. The Morgan fingerprint density at radius 2 is 1.79 bits per heavy atom. The van der Waals surface area contributed by atoms with Crippen LogP contribution in [0.15, 0.2) is 29.4 Å². The summed E-state index contributed by atoms with van der Waals surface area (Å²) < 4.78 is 4.76. The number of carbonyl (C=O) groups excluding carboxylic acids is 4. The molecule has 1 aromatic rings. The Kier molecular flexibility index (Phi) is 5.01. The first-order chi connectivity index (χ1) is 13.1. The molecule has 2 atom stereocenters. The first kappa shape index (κ1) is 20.0. The highest BCUT2D eigenvalue weighted by Crippen LogP contribution is 2.40. The van der Waals surface area contributed by atoms with Crippen LogP contribution in [0.3, 0.4) is 0 Å². The van der Waals surface area contributed by atoms with Gasteiger partial charge >= 0.3 is 5.97 Å². The van der Waals surface area contributed by atoms with Crippen LogP contribution in [0.1, 0.15) is 27.2 Å². The van der Waals surface area contributed by atoms with Crippen molar-refractivity contribution in [2.24, 2.45) is 11.0 Å². The number of carbonyl (C=O) groups is 4. The Labute approximate surface area is 167 Å². The second kappa shape index (κ2) is 7.01. The van der Waals surface area contributed by atoms with Gasteiger partial charge in [-0.25, -0.2) is 9.69 Å². The normalized spacial score (nSPS) is 21.7. The number of fused-ring (bicyclic) bond motifs is 1. The van der Waals surface area contributed by atoms with Crippen molar-refractivity contribution in [2.45, 2.75) is 38.8 Å². The summed E-state index contributed by atoms with van der Waals surface area (Å²) in [4.78, 5) is 51.3. The number of amides is 2. The van der Waals surface area contributed by atoms with E-state index in [1.807, 2.05) is 0 Å². The Morgan fingerprint density at radius 3 is 2.32 bits per heavy atom. The molecule has 0 aromatic heterocycles. The molecule has 2 amide bonds. The van der Waals surface area contributed by atoms with E-state index in [1.54, 1.807) is 38.1 Å². The van der Waals surface area contributed by atoms with Crippen molar-refractivity contribution in [1.82, 2.24) is 5.01 Å². The lowest BCUT2D eigenvalue weighted by Crippen LogP contribution is -2.50. The van der Waals surface area contributed by atoms with Crippen LogP contribution in [0.2, 0.25) is 5.02 Å². The smallest absolute Gasteiger partial charge is 0.355 e. The Bertz CT molecular complexity index is 893. The van der Waals surface area contributed by atoms with E-state index < -0.39 is 35.3 Å². The number of benzene rings is 1. The van der Waals surface area contributed by atoms with Gasteiger partial charge in [0.05, 0.1) is 18.3 Å². The minimum atomic E-state index is -1.10. The Balaban J connectivity index is 2.07. The third kappa shape index (κ3) is 3.17. The van der Waals surface area contributed by atoms with Crippen molar-refractivity contribution in [2.75, 3.05) is 12.0 Å². The predicted molar refractivity (Wildman–Crippen MR) is 102 cm³/mol. The highest BCUT2D eigenvalue weighted by atomic mass is 35.5. The minimum absolute atomic E-state index is 0.0938. The number of Topliss-reactive ketones (excluding diaryl/α,β-unsaturated/α-hetero) is 1. The van der Waals surface area contributed by atoms with E-state index in [9.17, 15) is 19.2 Å². The van der Waals surface area contributed by atoms with Crippen molar-refractivity contribution < 1.29 is 23.9 Å². The van der Waals surface area contributed by atoms with Gasteiger partial charge in [0.15, 0.2) is 5.71 Å². The number of nitrogens with zero attached hydrogens (tertiary/aromatic N) is 3.